The summed E-state index contributed by atoms with van der Waals surface area (Å²) in [5.74, 6) is -1.89. The molecule has 202 valence electrons. The molecule has 1 heterocycles. The molecule has 2 N–H and O–H groups in total. The van der Waals surface area contributed by atoms with E-state index in [-0.39, 0.29) is 28.4 Å². The summed E-state index contributed by atoms with van der Waals surface area (Å²) < 4.78 is 71.9. The van der Waals surface area contributed by atoms with Gasteiger partial charge in [-0.05, 0) is 53.6 Å². The van der Waals surface area contributed by atoms with E-state index in [0.717, 1.165) is 18.2 Å². The van der Waals surface area contributed by atoms with Crippen LogP contribution in [0.2, 0.25) is 5.02 Å². The minimum atomic E-state index is -4.66. The predicted molar refractivity (Wildman–Crippen MR) is 137 cm³/mol. The zero-order valence-electron chi connectivity index (χ0n) is 20.1. The normalized spacial score (nSPS) is 12.9. The van der Waals surface area contributed by atoms with Gasteiger partial charge in [0.2, 0.25) is 0 Å². The predicted octanol–water partition coefficient (Wildman–Crippen LogP) is 7.26. The largest absolute Gasteiger partial charge is 0.484 e. The lowest BCUT2D eigenvalue weighted by Gasteiger charge is -2.35. The zero-order valence-corrected chi connectivity index (χ0v) is 20.9. The average Bonchev–Trinajstić information content (AvgIpc) is 2.87. The van der Waals surface area contributed by atoms with E-state index in [0.29, 0.717) is 5.56 Å². The Kier molecular flexibility index (Phi) is 8.35. The lowest BCUT2D eigenvalue weighted by atomic mass is 9.80. The Morgan fingerprint density at radius 1 is 0.897 bits per heavy atom. The van der Waals surface area contributed by atoms with Crippen molar-refractivity contribution in [3.05, 3.63) is 125 Å². The molecule has 11 heteroatoms. The summed E-state index contributed by atoms with van der Waals surface area (Å²) in [5, 5.41) is 5.62. The van der Waals surface area contributed by atoms with Gasteiger partial charge in [0.1, 0.15) is 22.9 Å². The molecule has 5 nitrogen and oxygen atoms in total. The first-order valence-corrected chi connectivity index (χ1v) is 11.9. The summed E-state index contributed by atoms with van der Waals surface area (Å²) >= 11 is 6.05. The number of ether oxygens (including phenoxy) is 1. The number of rotatable bonds is 8. The Morgan fingerprint density at radius 3 is 2.33 bits per heavy atom. The molecule has 3 aromatic carbocycles. The number of carbonyl (C=O) groups excluding carboxylic acids is 1. The van der Waals surface area contributed by atoms with Gasteiger partial charge in [0.25, 0.3) is 0 Å². The van der Waals surface area contributed by atoms with Crippen LogP contribution in [0.15, 0.2) is 91.1 Å². The van der Waals surface area contributed by atoms with Gasteiger partial charge in [0, 0.05) is 24.4 Å². The quantitative estimate of drug-likeness (QED) is 0.223. The van der Waals surface area contributed by atoms with Gasteiger partial charge in [-0.3, -0.25) is 4.98 Å². The lowest BCUT2D eigenvalue weighted by molar-refractivity contribution is -0.153. The number of anilines is 1. The number of carbonyl (C=O) groups is 1. The molecule has 0 radical (unpaired) electrons. The molecule has 0 aliphatic heterocycles. The molecule has 0 aliphatic carbocycles. The van der Waals surface area contributed by atoms with E-state index in [4.69, 9.17) is 16.3 Å². The van der Waals surface area contributed by atoms with E-state index in [1.807, 2.05) is 0 Å². The van der Waals surface area contributed by atoms with Crippen LogP contribution in [0.25, 0.3) is 0 Å². The van der Waals surface area contributed by atoms with Crippen molar-refractivity contribution in [3.8, 4) is 5.75 Å². The Labute approximate surface area is 225 Å². The third-order valence-corrected chi connectivity index (χ3v) is 5.88. The number of amides is 2. The zero-order chi connectivity index (χ0) is 28.0. The number of urea groups is 1. The molecule has 0 fully saturated rings. The minimum Gasteiger partial charge on any atom is -0.484 e. The number of hydrogen-bond donors (Lipinski definition) is 2. The fourth-order valence-electron chi connectivity index (χ4n) is 4.03. The van der Waals surface area contributed by atoms with Gasteiger partial charge in [0.15, 0.2) is 6.61 Å². The second-order valence-electron chi connectivity index (χ2n) is 8.60. The standard InChI is InChI=1S/C28H21ClF5N3O2/c29-20-9-10-25(35-16-20)27(15-18-5-2-1-3-6-18,37-26(38)36-23-8-4-7-21(30)13-23)19-11-22(31)14-24(12-19)39-17-28(32,33)34/h1-14,16H,15,17H2,(H2,36,37,38). The van der Waals surface area contributed by atoms with Gasteiger partial charge >= 0.3 is 12.2 Å². The smallest absolute Gasteiger partial charge is 0.422 e. The van der Waals surface area contributed by atoms with E-state index >= 15 is 0 Å². The Balaban J connectivity index is 1.85. The second kappa shape index (κ2) is 11.7. The van der Waals surface area contributed by atoms with Crippen LogP contribution >= 0.6 is 11.6 Å². The van der Waals surface area contributed by atoms with Crippen LogP contribution in [-0.4, -0.2) is 23.8 Å². The third-order valence-electron chi connectivity index (χ3n) is 5.65. The maximum atomic E-state index is 14.9. The molecule has 4 rings (SSSR count). The van der Waals surface area contributed by atoms with Crippen LogP contribution in [0.1, 0.15) is 16.8 Å². The van der Waals surface area contributed by atoms with Gasteiger partial charge in [0.05, 0.1) is 10.7 Å². The Hall–Kier alpha value is -4.18. The molecular weight excluding hydrogens is 541 g/mol. The molecule has 1 unspecified atom stereocenters. The van der Waals surface area contributed by atoms with Crippen molar-refractivity contribution in [3.63, 3.8) is 0 Å². The monoisotopic (exact) mass is 561 g/mol. The number of nitrogens with one attached hydrogen (secondary N) is 2. The molecule has 2 amide bonds. The Bertz CT molecular complexity index is 1440. The van der Waals surface area contributed by atoms with Crippen molar-refractivity contribution < 1.29 is 31.5 Å². The first-order chi connectivity index (χ1) is 18.5. The van der Waals surface area contributed by atoms with Crippen molar-refractivity contribution in [2.75, 3.05) is 11.9 Å². The SMILES string of the molecule is O=C(Nc1cccc(F)c1)NC(Cc1ccccc1)(c1cc(F)cc(OCC(F)(F)F)c1)c1ccc(Cl)cn1. The van der Waals surface area contributed by atoms with E-state index < -0.39 is 41.7 Å². The summed E-state index contributed by atoms with van der Waals surface area (Å²) in [4.78, 5) is 17.7. The summed E-state index contributed by atoms with van der Waals surface area (Å²) in [6.07, 6.45) is -3.33. The molecule has 0 aliphatic rings. The molecule has 0 saturated carbocycles. The number of nitrogens with zero attached hydrogens (tertiary/aromatic N) is 1. The van der Waals surface area contributed by atoms with Gasteiger partial charge < -0.3 is 15.4 Å². The van der Waals surface area contributed by atoms with Crippen LogP contribution in [0.5, 0.6) is 5.75 Å². The highest BCUT2D eigenvalue weighted by atomic mass is 35.5. The van der Waals surface area contributed by atoms with Crippen molar-refractivity contribution in [1.82, 2.24) is 10.3 Å². The number of benzene rings is 3. The molecule has 0 bridgehead atoms. The first kappa shape index (κ1) is 27.8. The number of hydrogen-bond acceptors (Lipinski definition) is 3. The van der Waals surface area contributed by atoms with Crippen molar-refractivity contribution in [1.29, 1.82) is 0 Å². The van der Waals surface area contributed by atoms with Crippen LogP contribution in [-0.2, 0) is 12.0 Å². The van der Waals surface area contributed by atoms with E-state index in [1.54, 1.807) is 30.3 Å². The van der Waals surface area contributed by atoms with Crippen LogP contribution in [0.3, 0.4) is 0 Å². The molecule has 4 aromatic rings. The van der Waals surface area contributed by atoms with Crippen LogP contribution < -0.4 is 15.4 Å². The van der Waals surface area contributed by atoms with Gasteiger partial charge in [-0.25, -0.2) is 13.6 Å². The topological polar surface area (TPSA) is 63.2 Å². The molecule has 1 atom stereocenters. The Morgan fingerprint density at radius 2 is 1.67 bits per heavy atom. The van der Waals surface area contributed by atoms with Gasteiger partial charge in [-0.2, -0.15) is 13.2 Å². The summed E-state index contributed by atoms with van der Waals surface area (Å²) in [5.41, 5.74) is -0.562. The number of aromatic nitrogens is 1. The number of halogens is 6. The number of alkyl halides is 3. The molecule has 39 heavy (non-hydrogen) atoms. The van der Waals surface area contributed by atoms with Crippen molar-refractivity contribution >= 4 is 23.3 Å². The summed E-state index contributed by atoms with van der Waals surface area (Å²) in [6.45, 7) is -1.64. The fraction of sp³-hybridized carbons (Fsp3) is 0.143. The first-order valence-electron chi connectivity index (χ1n) is 11.5. The fourth-order valence-corrected chi connectivity index (χ4v) is 4.14. The molecule has 0 saturated heterocycles. The average molecular weight is 562 g/mol. The summed E-state index contributed by atoms with van der Waals surface area (Å²) in [6, 6.07) is 19.3. The van der Waals surface area contributed by atoms with Crippen molar-refractivity contribution in [2.24, 2.45) is 0 Å². The van der Waals surface area contributed by atoms with E-state index in [1.165, 1.54) is 42.6 Å². The minimum absolute atomic E-state index is 0.00120. The maximum absolute atomic E-state index is 14.9. The highest BCUT2D eigenvalue weighted by molar-refractivity contribution is 6.30. The van der Waals surface area contributed by atoms with E-state index in [2.05, 4.69) is 15.6 Å². The third kappa shape index (κ3) is 7.44. The van der Waals surface area contributed by atoms with Crippen molar-refractivity contribution in [2.45, 2.75) is 18.1 Å². The lowest BCUT2D eigenvalue weighted by Crippen LogP contribution is -2.50. The molecule has 0 spiro atoms. The van der Waals surface area contributed by atoms with E-state index in [9.17, 15) is 26.7 Å². The molecule has 1 aromatic heterocycles. The second-order valence-corrected chi connectivity index (χ2v) is 9.03. The maximum Gasteiger partial charge on any atom is 0.422 e. The number of pyridine rings is 1. The molecular formula is C28H21ClF5N3O2. The summed E-state index contributed by atoms with van der Waals surface area (Å²) in [7, 11) is 0. The van der Waals surface area contributed by atoms with Gasteiger partial charge in [-0.1, -0.05) is 48.0 Å². The van der Waals surface area contributed by atoms with Crippen LogP contribution in [0, 0.1) is 11.6 Å². The van der Waals surface area contributed by atoms with Gasteiger partial charge in [-0.15, -0.1) is 0 Å². The highest BCUT2D eigenvalue weighted by Crippen LogP contribution is 2.36. The van der Waals surface area contributed by atoms with Crippen LogP contribution in [0.4, 0.5) is 32.4 Å². The highest BCUT2D eigenvalue weighted by Gasteiger charge is 2.39.